The van der Waals surface area contributed by atoms with Gasteiger partial charge in [-0.3, -0.25) is 9.59 Å². The van der Waals surface area contributed by atoms with Crippen LogP contribution in [0.3, 0.4) is 0 Å². The van der Waals surface area contributed by atoms with E-state index in [1.807, 2.05) is 0 Å². The number of unbranched alkanes of at least 4 members (excludes halogenated alkanes) is 3. The molecule has 4 nitrogen and oxygen atoms in total. The van der Waals surface area contributed by atoms with Crippen molar-refractivity contribution in [2.45, 2.75) is 58.8 Å². The van der Waals surface area contributed by atoms with Gasteiger partial charge in [-0.2, -0.15) is 0 Å². The maximum atomic E-state index is 12.1. The zero-order valence-corrected chi connectivity index (χ0v) is 12.2. The Bertz CT molecular complexity index is 304. The molecule has 4 heteroatoms. The van der Waals surface area contributed by atoms with Gasteiger partial charge in [0.15, 0.2) is 0 Å². The Morgan fingerprint density at radius 1 is 1.11 bits per heavy atom. The number of hydrogen-bond acceptors (Lipinski definition) is 2. The molecular weight excluding hydrogens is 242 g/mol. The van der Waals surface area contributed by atoms with Crippen molar-refractivity contribution in [1.82, 2.24) is 5.32 Å². The van der Waals surface area contributed by atoms with Crippen LogP contribution in [0, 0.1) is 17.8 Å². The molecule has 1 rings (SSSR count). The predicted molar refractivity (Wildman–Crippen MR) is 74.8 cm³/mol. The quantitative estimate of drug-likeness (QED) is 0.666. The van der Waals surface area contributed by atoms with Crippen molar-refractivity contribution in [2.24, 2.45) is 17.8 Å². The molecule has 0 aromatic heterocycles. The maximum Gasteiger partial charge on any atom is 0.307 e. The minimum absolute atomic E-state index is 0.0557. The summed E-state index contributed by atoms with van der Waals surface area (Å²) >= 11 is 0. The van der Waals surface area contributed by atoms with E-state index in [-0.39, 0.29) is 11.8 Å². The van der Waals surface area contributed by atoms with Gasteiger partial charge in [0.25, 0.3) is 0 Å². The lowest BCUT2D eigenvalue weighted by Gasteiger charge is -2.15. The first kappa shape index (κ1) is 16.0. The van der Waals surface area contributed by atoms with E-state index in [1.54, 1.807) is 0 Å². The number of aliphatic carboxylic acids is 1. The van der Waals surface area contributed by atoms with Gasteiger partial charge >= 0.3 is 5.97 Å². The predicted octanol–water partition coefficient (Wildman–Crippen LogP) is 2.82. The molecule has 1 aliphatic rings. The molecule has 3 atom stereocenters. The van der Waals surface area contributed by atoms with Crippen LogP contribution in [0.4, 0.5) is 0 Å². The Balaban J connectivity index is 2.39. The second kappa shape index (κ2) is 8.18. The van der Waals surface area contributed by atoms with E-state index in [2.05, 4.69) is 19.2 Å². The van der Waals surface area contributed by atoms with Crippen LogP contribution in [0.15, 0.2) is 0 Å². The normalized spacial score (nSPS) is 26.3. The highest BCUT2D eigenvalue weighted by molar-refractivity contribution is 5.85. The largest absolute Gasteiger partial charge is 0.481 e. The molecule has 0 saturated heterocycles. The number of rotatable bonds is 8. The highest BCUT2D eigenvalue weighted by Crippen LogP contribution is 2.38. The third-order valence-corrected chi connectivity index (χ3v) is 4.22. The van der Waals surface area contributed by atoms with E-state index in [9.17, 15) is 14.7 Å². The molecule has 0 radical (unpaired) electrons. The summed E-state index contributed by atoms with van der Waals surface area (Å²) in [7, 11) is 0. The molecule has 0 heterocycles. The fraction of sp³-hybridized carbons (Fsp3) is 0.867. The number of carbonyl (C=O) groups is 2. The average Bonchev–Trinajstić information content (AvgIpc) is 2.82. The fourth-order valence-electron chi connectivity index (χ4n) is 2.93. The Kier molecular flexibility index (Phi) is 6.89. The van der Waals surface area contributed by atoms with Crippen LogP contribution in [0.2, 0.25) is 0 Å². The molecule has 110 valence electrons. The third-order valence-electron chi connectivity index (χ3n) is 4.22. The number of amides is 1. The van der Waals surface area contributed by atoms with Gasteiger partial charge in [-0.15, -0.1) is 0 Å². The van der Waals surface area contributed by atoms with Gasteiger partial charge in [0.1, 0.15) is 0 Å². The van der Waals surface area contributed by atoms with Gasteiger partial charge in [0, 0.05) is 6.54 Å². The van der Waals surface area contributed by atoms with Crippen LogP contribution in [0.1, 0.15) is 58.8 Å². The fourth-order valence-corrected chi connectivity index (χ4v) is 2.93. The highest BCUT2D eigenvalue weighted by Gasteiger charge is 2.41. The smallest absolute Gasteiger partial charge is 0.307 e. The first-order valence-electron chi connectivity index (χ1n) is 7.60. The van der Waals surface area contributed by atoms with E-state index in [1.165, 1.54) is 12.8 Å². The zero-order chi connectivity index (χ0) is 14.3. The summed E-state index contributed by atoms with van der Waals surface area (Å²) in [6.07, 6.45) is 6.82. The summed E-state index contributed by atoms with van der Waals surface area (Å²) in [5.74, 6) is -1.30. The summed E-state index contributed by atoms with van der Waals surface area (Å²) in [5.41, 5.74) is 0. The number of carboxylic acids is 1. The van der Waals surface area contributed by atoms with Gasteiger partial charge in [0.2, 0.25) is 5.91 Å². The SMILES string of the molecule is CCCCCCNC(=O)C1CC(CC)CC1C(=O)O. The van der Waals surface area contributed by atoms with E-state index < -0.39 is 11.9 Å². The van der Waals surface area contributed by atoms with Crippen LogP contribution in [0.25, 0.3) is 0 Å². The van der Waals surface area contributed by atoms with Gasteiger partial charge in [-0.25, -0.2) is 0 Å². The lowest BCUT2D eigenvalue weighted by Crippen LogP contribution is -2.35. The van der Waals surface area contributed by atoms with Crippen LogP contribution < -0.4 is 5.32 Å². The van der Waals surface area contributed by atoms with Crippen LogP contribution >= 0.6 is 0 Å². The number of nitrogens with one attached hydrogen (secondary N) is 1. The van der Waals surface area contributed by atoms with Crippen LogP contribution in [-0.4, -0.2) is 23.5 Å². The lowest BCUT2D eigenvalue weighted by molar-refractivity contribution is -0.146. The summed E-state index contributed by atoms with van der Waals surface area (Å²) in [6.45, 7) is 4.90. The second-order valence-corrected chi connectivity index (χ2v) is 5.65. The van der Waals surface area contributed by atoms with Gasteiger partial charge in [-0.1, -0.05) is 39.5 Å². The number of carboxylic acid groups (broad SMARTS) is 1. The molecule has 1 aliphatic carbocycles. The molecule has 0 aromatic carbocycles. The molecule has 19 heavy (non-hydrogen) atoms. The molecule has 1 amide bonds. The van der Waals surface area contributed by atoms with Gasteiger partial charge in [-0.05, 0) is 25.2 Å². The van der Waals surface area contributed by atoms with Gasteiger partial charge < -0.3 is 10.4 Å². The van der Waals surface area contributed by atoms with E-state index in [4.69, 9.17) is 0 Å². The number of hydrogen-bond donors (Lipinski definition) is 2. The van der Waals surface area contributed by atoms with Crippen LogP contribution in [0.5, 0.6) is 0 Å². The van der Waals surface area contributed by atoms with Crippen molar-refractivity contribution < 1.29 is 14.7 Å². The highest BCUT2D eigenvalue weighted by atomic mass is 16.4. The molecule has 0 spiro atoms. The summed E-state index contributed by atoms with van der Waals surface area (Å²) in [4.78, 5) is 23.3. The first-order chi connectivity index (χ1) is 9.10. The number of carbonyl (C=O) groups excluding carboxylic acids is 1. The zero-order valence-electron chi connectivity index (χ0n) is 12.2. The molecule has 0 aromatic rings. The first-order valence-corrected chi connectivity index (χ1v) is 7.60. The van der Waals surface area contributed by atoms with E-state index in [0.717, 1.165) is 25.7 Å². The molecule has 3 unspecified atom stereocenters. The second-order valence-electron chi connectivity index (χ2n) is 5.65. The Morgan fingerprint density at radius 2 is 1.79 bits per heavy atom. The van der Waals surface area contributed by atoms with Crippen molar-refractivity contribution in [1.29, 1.82) is 0 Å². The Labute approximate surface area is 116 Å². The van der Waals surface area contributed by atoms with Crippen molar-refractivity contribution >= 4 is 11.9 Å². The van der Waals surface area contributed by atoms with Crippen molar-refractivity contribution in [3.05, 3.63) is 0 Å². The molecular formula is C15H27NO3. The Hall–Kier alpha value is -1.06. The third kappa shape index (κ3) is 4.84. The van der Waals surface area contributed by atoms with E-state index >= 15 is 0 Å². The van der Waals surface area contributed by atoms with Crippen molar-refractivity contribution in [3.8, 4) is 0 Å². The minimum Gasteiger partial charge on any atom is -0.481 e. The summed E-state index contributed by atoms with van der Waals surface area (Å²) in [5, 5.41) is 12.1. The summed E-state index contributed by atoms with van der Waals surface area (Å²) in [6, 6.07) is 0. The van der Waals surface area contributed by atoms with Crippen molar-refractivity contribution in [2.75, 3.05) is 6.54 Å². The lowest BCUT2D eigenvalue weighted by atomic mass is 9.95. The molecule has 0 aliphatic heterocycles. The molecule has 0 bridgehead atoms. The molecule has 1 fully saturated rings. The minimum atomic E-state index is -0.818. The topological polar surface area (TPSA) is 66.4 Å². The monoisotopic (exact) mass is 269 g/mol. The molecule has 1 saturated carbocycles. The summed E-state index contributed by atoms with van der Waals surface area (Å²) < 4.78 is 0. The Morgan fingerprint density at radius 3 is 2.37 bits per heavy atom. The van der Waals surface area contributed by atoms with Crippen LogP contribution in [-0.2, 0) is 9.59 Å². The standard InChI is InChI=1S/C15H27NO3/c1-3-5-6-7-8-16-14(17)12-9-11(4-2)10-13(12)15(18)19/h11-13H,3-10H2,1-2H3,(H,16,17)(H,18,19). The van der Waals surface area contributed by atoms with Crippen molar-refractivity contribution in [3.63, 3.8) is 0 Å². The molecule has 2 N–H and O–H groups in total. The van der Waals surface area contributed by atoms with E-state index in [0.29, 0.717) is 18.9 Å². The average molecular weight is 269 g/mol. The van der Waals surface area contributed by atoms with Gasteiger partial charge in [0.05, 0.1) is 11.8 Å². The maximum absolute atomic E-state index is 12.1.